The van der Waals surface area contributed by atoms with Crippen molar-refractivity contribution in [3.05, 3.63) is 78.4 Å². The number of aromatic nitrogens is 1. The average Bonchev–Trinajstić information content (AvgIpc) is 2.59. The van der Waals surface area contributed by atoms with Crippen molar-refractivity contribution >= 4 is 21.8 Å². The van der Waals surface area contributed by atoms with E-state index in [1.165, 1.54) is 27.5 Å². The second-order valence-electron chi connectivity index (χ2n) is 7.35. The third-order valence-electron chi connectivity index (χ3n) is 4.63. The molecule has 1 heterocycles. The molecule has 0 N–H and O–H groups in total. The Balaban J connectivity index is 2.03. The van der Waals surface area contributed by atoms with Crippen LogP contribution in [0.2, 0.25) is 0 Å². The summed E-state index contributed by atoms with van der Waals surface area (Å²) in [4.78, 5) is 4.82. The third-order valence-corrected chi connectivity index (χ3v) is 4.63. The summed E-state index contributed by atoms with van der Waals surface area (Å²) in [7, 11) is 0. The Morgan fingerprint density at radius 2 is 1.12 bits per heavy atom. The molecule has 3 aromatic carbocycles. The minimum atomic E-state index is 0.168. The van der Waals surface area contributed by atoms with E-state index in [1.807, 2.05) is 0 Å². The Kier molecular flexibility index (Phi) is 3.38. The average molecular weight is 311 g/mol. The maximum Gasteiger partial charge on any atom is 0.0715 e. The quantitative estimate of drug-likeness (QED) is 0.373. The molecule has 4 aromatic rings. The normalized spacial score (nSPS) is 12.0. The largest absolute Gasteiger partial charge is 0.248 e. The van der Waals surface area contributed by atoms with Gasteiger partial charge >= 0.3 is 0 Å². The molecule has 0 spiro atoms. The van der Waals surface area contributed by atoms with E-state index >= 15 is 0 Å². The van der Waals surface area contributed by atoms with Crippen LogP contribution in [0.15, 0.2) is 72.8 Å². The molecule has 1 heteroatoms. The molecule has 24 heavy (non-hydrogen) atoms. The van der Waals surface area contributed by atoms with Crippen LogP contribution in [0.25, 0.3) is 32.9 Å². The van der Waals surface area contributed by atoms with E-state index < -0.39 is 0 Å². The zero-order chi connectivity index (χ0) is 16.7. The minimum absolute atomic E-state index is 0.168. The molecule has 0 aliphatic carbocycles. The maximum atomic E-state index is 4.82. The van der Waals surface area contributed by atoms with Crippen molar-refractivity contribution in [2.75, 3.05) is 0 Å². The van der Waals surface area contributed by atoms with Gasteiger partial charge in [0.05, 0.1) is 11.0 Å². The minimum Gasteiger partial charge on any atom is -0.248 e. The number of para-hydroxylation sites is 2. The zero-order valence-corrected chi connectivity index (χ0v) is 14.4. The number of pyridine rings is 1. The van der Waals surface area contributed by atoms with Crippen LogP contribution in [-0.4, -0.2) is 4.98 Å². The summed E-state index contributed by atoms with van der Waals surface area (Å²) in [6, 6.07) is 25.8. The van der Waals surface area contributed by atoms with Crippen molar-refractivity contribution in [1.82, 2.24) is 4.98 Å². The van der Waals surface area contributed by atoms with Gasteiger partial charge in [0.15, 0.2) is 0 Å². The Labute approximate surface area is 143 Å². The summed E-state index contributed by atoms with van der Waals surface area (Å²) in [6.45, 7) is 6.75. The monoisotopic (exact) mass is 311 g/mol. The fourth-order valence-corrected chi connectivity index (χ4v) is 3.29. The van der Waals surface area contributed by atoms with E-state index in [-0.39, 0.29) is 5.41 Å². The smallest absolute Gasteiger partial charge is 0.0715 e. The molecule has 1 aromatic heterocycles. The third kappa shape index (κ3) is 2.46. The molecule has 1 nitrogen and oxygen atoms in total. The van der Waals surface area contributed by atoms with Gasteiger partial charge in [0, 0.05) is 16.3 Å². The highest BCUT2D eigenvalue weighted by molar-refractivity contribution is 6.09. The van der Waals surface area contributed by atoms with Crippen LogP contribution >= 0.6 is 0 Å². The van der Waals surface area contributed by atoms with Crippen molar-refractivity contribution < 1.29 is 0 Å². The summed E-state index contributed by atoms with van der Waals surface area (Å²) in [5.41, 5.74) is 6.14. The zero-order valence-electron chi connectivity index (χ0n) is 14.4. The van der Waals surface area contributed by atoms with Gasteiger partial charge < -0.3 is 0 Å². The van der Waals surface area contributed by atoms with E-state index in [0.29, 0.717) is 0 Å². The Morgan fingerprint density at radius 1 is 0.625 bits per heavy atom. The first-order chi connectivity index (χ1) is 11.5. The summed E-state index contributed by atoms with van der Waals surface area (Å²) >= 11 is 0. The van der Waals surface area contributed by atoms with Crippen LogP contribution in [0.5, 0.6) is 0 Å². The SMILES string of the molecule is CC(C)(C)c1ccc(-c2c3ccccc3nc3ccccc23)cc1. The van der Waals surface area contributed by atoms with Crippen molar-refractivity contribution in [1.29, 1.82) is 0 Å². The van der Waals surface area contributed by atoms with Crippen molar-refractivity contribution in [2.45, 2.75) is 26.2 Å². The van der Waals surface area contributed by atoms with E-state index in [9.17, 15) is 0 Å². The summed E-state index contributed by atoms with van der Waals surface area (Å²) < 4.78 is 0. The van der Waals surface area contributed by atoms with Crippen molar-refractivity contribution in [3.8, 4) is 11.1 Å². The predicted molar refractivity (Wildman–Crippen MR) is 103 cm³/mol. The highest BCUT2D eigenvalue weighted by Crippen LogP contribution is 2.35. The molecule has 0 aliphatic heterocycles. The van der Waals surface area contributed by atoms with Gasteiger partial charge in [-0.2, -0.15) is 0 Å². The number of hydrogen-bond donors (Lipinski definition) is 0. The standard InChI is InChI=1S/C23H21N/c1-23(2,3)17-14-12-16(13-15-17)22-18-8-4-6-10-20(18)24-21-11-7-5-9-19(21)22/h4-15H,1-3H3. The van der Waals surface area contributed by atoms with Gasteiger partial charge in [-0.3, -0.25) is 0 Å². The molecular weight excluding hydrogens is 290 g/mol. The number of rotatable bonds is 1. The van der Waals surface area contributed by atoms with Gasteiger partial charge in [-0.15, -0.1) is 0 Å². The number of fused-ring (bicyclic) bond motifs is 2. The van der Waals surface area contributed by atoms with Crippen LogP contribution in [0.1, 0.15) is 26.3 Å². The lowest BCUT2D eigenvalue weighted by Gasteiger charge is -2.19. The molecule has 4 rings (SSSR count). The molecule has 0 unspecified atom stereocenters. The van der Waals surface area contributed by atoms with E-state index in [1.54, 1.807) is 0 Å². The first-order valence-electron chi connectivity index (χ1n) is 8.42. The molecule has 0 saturated heterocycles. The highest BCUT2D eigenvalue weighted by atomic mass is 14.7. The molecule has 0 radical (unpaired) electrons. The van der Waals surface area contributed by atoms with Gasteiger partial charge in [-0.1, -0.05) is 81.4 Å². The lowest BCUT2D eigenvalue weighted by Crippen LogP contribution is -2.10. The molecular formula is C23H21N. The Morgan fingerprint density at radius 3 is 1.62 bits per heavy atom. The van der Waals surface area contributed by atoms with E-state index in [0.717, 1.165) is 11.0 Å². The van der Waals surface area contributed by atoms with Gasteiger partial charge in [0.2, 0.25) is 0 Å². The Bertz CT molecular complexity index is 967. The fourth-order valence-electron chi connectivity index (χ4n) is 3.29. The summed E-state index contributed by atoms with van der Waals surface area (Å²) in [5, 5.41) is 2.42. The van der Waals surface area contributed by atoms with Gasteiger partial charge in [0.25, 0.3) is 0 Å². The van der Waals surface area contributed by atoms with Crippen LogP contribution in [0, 0.1) is 0 Å². The van der Waals surface area contributed by atoms with Gasteiger partial charge in [0.1, 0.15) is 0 Å². The molecule has 0 saturated carbocycles. The predicted octanol–water partition coefficient (Wildman–Crippen LogP) is 6.35. The number of benzene rings is 3. The highest BCUT2D eigenvalue weighted by Gasteiger charge is 2.15. The van der Waals surface area contributed by atoms with Crippen LogP contribution in [-0.2, 0) is 5.41 Å². The summed E-state index contributed by atoms with van der Waals surface area (Å²) in [5.74, 6) is 0. The topological polar surface area (TPSA) is 12.9 Å². The number of hydrogen-bond acceptors (Lipinski definition) is 1. The molecule has 0 fully saturated rings. The molecule has 0 aliphatic rings. The molecule has 0 atom stereocenters. The van der Waals surface area contributed by atoms with Gasteiger partial charge in [-0.05, 0) is 28.7 Å². The summed E-state index contributed by atoms with van der Waals surface area (Å²) in [6.07, 6.45) is 0. The second kappa shape index (κ2) is 5.45. The first-order valence-corrected chi connectivity index (χ1v) is 8.42. The molecule has 118 valence electrons. The molecule has 0 amide bonds. The van der Waals surface area contributed by atoms with Crippen molar-refractivity contribution in [3.63, 3.8) is 0 Å². The van der Waals surface area contributed by atoms with Crippen LogP contribution in [0.4, 0.5) is 0 Å². The lowest BCUT2D eigenvalue weighted by molar-refractivity contribution is 0.590. The lowest BCUT2D eigenvalue weighted by atomic mass is 9.85. The second-order valence-corrected chi connectivity index (χ2v) is 7.35. The van der Waals surface area contributed by atoms with Crippen LogP contribution in [0.3, 0.4) is 0 Å². The van der Waals surface area contributed by atoms with E-state index in [2.05, 4.69) is 93.6 Å². The number of nitrogens with zero attached hydrogens (tertiary/aromatic N) is 1. The maximum absolute atomic E-state index is 4.82. The Hall–Kier alpha value is -2.67. The van der Waals surface area contributed by atoms with Gasteiger partial charge in [-0.25, -0.2) is 4.98 Å². The van der Waals surface area contributed by atoms with Crippen LogP contribution < -0.4 is 0 Å². The fraction of sp³-hybridized carbons (Fsp3) is 0.174. The van der Waals surface area contributed by atoms with Crippen molar-refractivity contribution in [2.24, 2.45) is 0 Å². The van der Waals surface area contributed by atoms with E-state index in [4.69, 9.17) is 4.98 Å². The molecule has 0 bridgehead atoms. The first kappa shape index (κ1) is 14.9.